The lowest BCUT2D eigenvalue weighted by Crippen LogP contribution is -2.25. The van der Waals surface area contributed by atoms with Crippen molar-refractivity contribution in [3.8, 4) is 0 Å². The lowest BCUT2D eigenvalue weighted by molar-refractivity contribution is 0.590. The Labute approximate surface area is 592 Å². The van der Waals surface area contributed by atoms with Crippen LogP contribution in [0.5, 0.6) is 0 Å². The van der Waals surface area contributed by atoms with Crippen molar-refractivity contribution in [1.29, 1.82) is 0 Å². The second kappa shape index (κ2) is 28.9. The highest BCUT2D eigenvalue weighted by atomic mass is 32.4. The van der Waals surface area contributed by atoms with Gasteiger partial charge in [-0.3, -0.25) is 0 Å². The van der Waals surface area contributed by atoms with Crippen molar-refractivity contribution in [2.45, 2.75) is 20.8 Å². The van der Waals surface area contributed by atoms with Gasteiger partial charge in [0.25, 0.3) is 0 Å². The zero-order chi connectivity index (χ0) is 68.1. The third kappa shape index (κ3) is 13.1. The molecular weight excluding hydrogens is 1340 g/mol. The number of aryl methyl sites for hydroxylation is 3. The quantitative estimate of drug-likeness (QED) is 0.121. The first kappa shape index (κ1) is 66.9. The van der Waals surface area contributed by atoms with Crippen LogP contribution in [0.1, 0.15) is 16.7 Å². The van der Waals surface area contributed by atoms with Gasteiger partial charge in [0.05, 0.1) is 5.30 Å². The fourth-order valence-corrected chi connectivity index (χ4v) is 28.2. The molecule has 0 unspecified atom stereocenters. The zero-order valence-corrected chi connectivity index (χ0v) is 61.2. The van der Waals surface area contributed by atoms with E-state index in [0.29, 0.717) is 5.58 Å². The second-order valence-electron chi connectivity index (χ2n) is 24.7. The molecule has 0 aliphatic heterocycles. The van der Waals surface area contributed by atoms with E-state index in [0.717, 1.165) is 74.6 Å². The van der Waals surface area contributed by atoms with E-state index in [2.05, 4.69) is 159 Å². The molecule has 0 fully saturated rings. The summed E-state index contributed by atoms with van der Waals surface area (Å²) in [4.78, 5) is 0. The Bertz CT molecular complexity index is 5230. The minimum atomic E-state index is -3.10. The molecule has 0 N–H and O–H groups in total. The number of para-hydroxylation sites is 1. The van der Waals surface area contributed by atoms with Gasteiger partial charge in [-0.2, -0.15) is 0 Å². The Morgan fingerprint density at radius 1 is 0.283 bits per heavy atom. The Balaban J connectivity index is 0.000000115. The number of benzene rings is 14. The van der Waals surface area contributed by atoms with Crippen LogP contribution in [0.2, 0.25) is 0 Å². The summed E-state index contributed by atoms with van der Waals surface area (Å²) in [6.45, 7) is 8.14. The molecule has 3 heterocycles. The predicted molar refractivity (Wildman–Crippen MR) is 437 cm³/mol. The molecule has 0 amide bonds. The molecule has 0 aliphatic carbocycles. The van der Waals surface area contributed by atoms with Crippen molar-refractivity contribution in [3.05, 3.63) is 369 Å². The normalized spacial score (nSPS) is 11.8. The van der Waals surface area contributed by atoms with Gasteiger partial charge in [-0.15, -0.1) is 22.7 Å². The molecule has 0 atom stereocenters. The zero-order valence-electron chi connectivity index (χ0n) is 55.1. The number of furan rings is 1. The van der Waals surface area contributed by atoms with Gasteiger partial charge in [-0.25, -0.2) is 0 Å². The fraction of sp³-hybridized carbons (Fsp3) is 0.0455. The molecule has 0 bridgehead atoms. The number of rotatable bonds is 11. The van der Waals surface area contributed by atoms with Crippen molar-refractivity contribution in [1.82, 2.24) is 0 Å². The van der Waals surface area contributed by atoms with Gasteiger partial charge in [0.2, 0.25) is 0 Å². The van der Waals surface area contributed by atoms with Crippen LogP contribution in [0.25, 0.3) is 62.3 Å². The number of hydrogen-bond donors (Lipinski definition) is 0. The van der Waals surface area contributed by atoms with E-state index in [1.54, 1.807) is 11.3 Å². The maximum Gasteiger partial charge on any atom is 0.174 e. The van der Waals surface area contributed by atoms with Crippen LogP contribution in [-0.4, -0.2) is 6.66 Å². The molecule has 17 aromatic rings. The van der Waals surface area contributed by atoms with E-state index >= 15 is 0 Å². The van der Waals surface area contributed by atoms with E-state index in [1.807, 2.05) is 231 Å². The lowest BCUT2D eigenvalue weighted by Gasteiger charge is -2.25. The van der Waals surface area contributed by atoms with Gasteiger partial charge in [0.1, 0.15) is 18.3 Å². The number of hydrogen-bond acceptors (Lipinski definition) is 7. The summed E-state index contributed by atoms with van der Waals surface area (Å²) in [7, 11) is -8.49. The van der Waals surface area contributed by atoms with Gasteiger partial charge < -0.3 is 18.1 Å². The monoisotopic (exact) mass is 1410 g/mol. The molecule has 3 aromatic heterocycles. The molecule has 0 saturated heterocycles. The third-order valence-corrected chi connectivity index (χ3v) is 34.4. The van der Waals surface area contributed by atoms with Crippen molar-refractivity contribution in [3.63, 3.8) is 0 Å². The van der Waals surface area contributed by atoms with Crippen LogP contribution >= 0.6 is 50.1 Å². The molecule has 0 aliphatic rings. The van der Waals surface area contributed by atoms with Gasteiger partial charge in [0.15, 0.2) is 14.3 Å². The van der Waals surface area contributed by atoms with Crippen LogP contribution in [0.4, 0.5) is 0 Å². The van der Waals surface area contributed by atoms with E-state index in [-0.39, 0.29) is 0 Å². The molecule has 99 heavy (non-hydrogen) atoms. The van der Waals surface area contributed by atoms with Crippen molar-refractivity contribution in [2.24, 2.45) is 0 Å². The summed E-state index contributed by atoms with van der Waals surface area (Å²) >= 11 is 10.2. The highest BCUT2D eigenvalue weighted by Crippen LogP contribution is 2.50. The highest BCUT2D eigenvalue weighted by molar-refractivity contribution is 8.25. The van der Waals surface area contributed by atoms with Crippen LogP contribution < -0.4 is 58.3 Å². The Kier molecular flexibility index (Phi) is 19.5. The molecule has 0 saturated carbocycles. The minimum absolute atomic E-state index is 0.711. The summed E-state index contributed by atoms with van der Waals surface area (Å²) in [5.41, 5.74) is 5.01. The summed E-state index contributed by atoms with van der Waals surface area (Å²) in [5.74, 6) is 0. The largest absolute Gasteiger partial charge is 0.455 e. The maximum atomic E-state index is 14.9. The Morgan fingerprint density at radius 3 is 0.960 bits per heavy atom. The van der Waals surface area contributed by atoms with Gasteiger partial charge in [-0.05, 0) is 109 Å². The van der Waals surface area contributed by atoms with Crippen molar-refractivity contribution in [2.75, 3.05) is 6.66 Å². The average Bonchev–Trinajstić information content (AvgIpc) is 1.70. The SMILES string of the molecule is CP(=O)(c1ccccc1)c1ccccc1.Cc1cc(P(=O)(c2ccccc2)c2ccccc2)c2oc3ccccc3c2c1.Cc1cc(P(=O)(c2ccccc2)c2ccccc2)c2sc3ccccc3c2c1.Cc1cc(P(=S)(c2ccccc2)c2ccccc2)c2sc3ccccc3c2c1. The predicted octanol–water partition coefficient (Wildman–Crippen LogP) is 20.3. The van der Waals surface area contributed by atoms with Crippen LogP contribution in [0.15, 0.2) is 356 Å². The van der Waals surface area contributed by atoms with E-state index in [1.165, 1.54) is 57.1 Å². The van der Waals surface area contributed by atoms with Gasteiger partial charge >= 0.3 is 0 Å². The number of thiophene rings is 2. The van der Waals surface area contributed by atoms with Crippen LogP contribution in [0, 0.1) is 20.8 Å². The average molecular weight is 1410 g/mol. The van der Waals surface area contributed by atoms with Crippen LogP contribution in [-0.2, 0) is 25.5 Å². The maximum absolute atomic E-state index is 14.9. The van der Waals surface area contributed by atoms with Gasteiger partial charge in [-0.1, -0.05) is 309 Å². The molecule has 4 nitrogen and oxygen atoms in total. The first-order valence-corrected chi connectivity index (χ1v) is 42.8. The Hall–Kier alpha value is -9.34. The molecule has 11 heteroatoms. The van der Waals surface area contributed by atoms with Crippen molar-refractivity contribution < 1.29 is 18.1 Å². The summed E-state index contributed by atoms with van der Waals surface area (Å²) in [5, 5.41) is 17.9. The van der Waals surface area contributed by atoms with Crippen LogP contribution in [0.3, 0.4) is 0 Å². The highest BCUT2D eigenvalue weighted by Gasteiger charge is 2.35. The molecule has 0 spiro atoms. The van der Waals surface area contributed by atoms with Gasteiger partial charge in [0, 0.05) is 99.6 Å². The first-order valence-electron chi connectivity index (χ1n) is 32.8. The summed E-state index contributed by atoms with van der Waals surface area (Å²) in [6, 6.07) is 116. The molecular formula is C88H70O4P4S3. The minimum Gasteiger partial charge on any atom is -0.455 e. The number of fused-ring (bicyclic) bond motifs is 9. The molecule has 0 radical (unpaired) electrons. The smallest absolute Gasteiger partial charge is 0.174 e. The topological polar surface area (TPSA) is 64.3 Å². The standard InChI is InChI=1S/C25H19O2P.C25H19OPS.C25H19PS2.C13H13OP/c1-18-16-22-21-14-8-9-15-23(21)27-25(22)24(17-18)28(26,19-10-4-2-5-11-19)20-12-6-3-7-13-20;1-18-16-22-21-14-8-9-15-24(21)28-25(22)23(17-18)27(26,19-10-4-2-5-11-19)20-12-6-3-7-13-20;1-18-16-22-21-14-8-9-15-24(21)28-25(22)23(17-18)26(27,19-10-4-2-5-11-19)20-12-6-3-7-13-20;1-15(14,12-8-4-2-5-9-12)13-10-6-3-7-11-13/h3*2-17H,1H3;2-11H,1H3. The molecule has 14 aromatic carbocycles. The summed E-state index contributed by atoms with van der Waals surface area (Å²) < 4.78 is 53.6. The van der Waals surface area contributed by atoms with E-state index in [4.69, 9.17) is 16.2 Å². The lowest BCUT2D eigenvalue weighted by atomic mass is 10.1. The van der Waals surface area contributed by atoms with Crippen molar-refractivity contribution >= 4 is 183 Å². The molecule has 484 valence electrons. The fourth-order valence-electron chi connectivity index (χ4n) is 13.2. The third-order valence-electron chi connectivity index (χ3n) is 18.0. The summed E-state index contributed by atoms with van der Waals surface area (Å²) in [6.07, 6.45) is 0. The van der Waals surface area contributed by atoms with E-state index in [9.17, 15) is 13.7 Å². The van der Waals surface area contributed by atoms with E-state index < -0.39 is 27.5 Å². The first-order chi connectivity index (χ1) is 48.2. The Morgan fingerprint density at radius 2 is 0.566 bits per heavy atom. The molecule has 17 rings (SSSR count). The second-order valence-corrected chi connectivity index (χ2v) is 39.5.